The van der Waals surface area contributed by atoms with Crippen LogP contribution in [0.1, 0.15) is 19.3 Å². The zero-order chi connectivity index (χ0) is 11.7. The van der Waals surface area contributed by atoms with Crippen LogP contribution in [0, 0.1) is 5.92 Å². The molecule has 0 radical (unpaired) electrons. The fraction of sp³-hybridized carbons (Fsp3) is 0.615. The van der Waals surface area contributed by atoms with Crippen LogP contribution in [0.25, 0.3) is 0 Å². The molecule has 3 rings (SSSR count). The lowest BCUT2D eigenvalue weighted by atomic mass is 9.96. The molecule has 2 saturated heterocycles. The van der Waals surface area contributed by atoms with E-state index in [1.54, 1.807) is 0 Å². The molecule has 0 bridgehead atoms. The van der Waals surface area contributed by atoms with E-state index >= 15 is 0 Å². The van der Waals surface area contributed by atoms with Gasteiger partial charge in [-0.1, -0.05) is 11.6 Å². The summed E-state index contributed by atoms with van der Waals surface area (Å²) < 4.78 is 0. The van der Waals surface area contributed by atoms with Gasteiger partial charge in [-0.05, 0) is 43.9 Å². The summed E-state index contributed by atoms with van der Waals surface area (Å²) in [6.45, 7) is 3.47. The topological polar surface area (TPSA) is 28.2 Å². The Bertz CT molecular complexity index is 365. The number of aromatic nitrogens is 1. The van der Waals surface area contributed by atoms with Crippen molar-refractivity contribution in [1.82, 2.24) is 10.3 Å². The van der Waals surface area contributed by atoms with Gasteiger partial charge in [-0.25, -0.2) is 4.98 Å². The molecule has 0 saturated carbocycles. The van der Waals surface area contributed by atoms with E-state index in [1.165, 1.54) is 31.5 Å². The number of nitrogens with zero attached hydrogens (tertiary/aromatic N) is 2. The van der Waals surface area contributed by atoms with E-state index in [1.807, 2.05) is 12.3 Å². The molecule has 2 fully saturated rings. The van der Waals surface area contributed by atoms with Gasteiger partial charge in [0, 0.05) is 19.1 Å². The number of pyridine rings is 1. The van der Waals surface area contributed by atoms with Crippen molar-refractivity contribution in [2.45, 2.75) is 25.3 Å². The van der Waals surface area contributed by atoms with E-state index in [4.69, 9.17) is 11.6 Å². The van der Waals surface area contributed by atoms with Crippen LogP contribution in [0.15, 0.2) is 18.3 Å². The van der Waals surface area contributed by atoms with Gasteiger partial charge in [0.1, 0.15) is 5.15 Å². The first-order valence-corrected chi connectivity index (χ1v) is 6.80. The van der Waals surface area contributed by atoms with Gasteiger partial charge in [-0.2, -0.15) is 0 Å². The highest BCUT2D eigenvalue weighted by Crippen LogP contribution is 2.27. The van der Waals surface area contributed by atoms with Crippen molar-refractivity contribution in [2.75, 3.05) is 24.5 Å². The molecule has 2 aliphatic rings. The van der Waals surface area contributed by atoms with Gasteiger partial charge in [0.25, 0.3) is 0 Å². The predicted octanol–water partition coefficient (Wildman–Crippen LogP) is 2.31. The molecule has 3 heterocycles. The molecular formula is C13H18ClN3. The second kappa shape index (κ2) is 4.83. The van der Waals surface area contributed by atoms with Crippen LogP contribution in [-0.4, -0.2) is 30.7 Å². The van der Waals surface area contributed by atoms with Gasteiger partial charge < -0.3 is 10.2 Å². The quantitative estimate of drug-likeness (QED) is 0.777. The van der Waals surface area contributed by atoms with Crippen LogP contribution in [0.3, 0.4) is 0 Å². The van der Waals surface area contributed by atoms with Gasteiger partial charge >= 0.3 is 0 Å². The zero-order valence-corrected chi connectivity index (χ0v) is 10.7. The smallest absolute Gasteiger partial charge is 0.129 e. The third kappa shape index (κ3) is 2.40. The van der Waals surface area contributed by atoms with Crippen LogP contribution in [0.4, 0.5) is 5.69 Å². The average molecular weight is 252 g/mol. The van der Waals surface area contributed by atoms with Crippen molar-refractivity contribution in [3.63, 3.8) is 0 Å². The first-order valence-electron chi connectivity index (χ1n) is 6.43. The summed E-state index contributed by atoms with van der Waals surface area (Å²) in [5.41, 5.74) is 1.20. The minimum absolute atomic E-state index is 0.571. The molecule has 0 amide bonds. The first kappa shape index (κ1) is 11.3. The minimum Gasteiger partial charge on any atom is -0.370 e. The van der Waals surface area contributed by atoms with Crippen LogP contribution in [0.2, 0.25) is 5.15 Å². The van der Waals surface area contributed by atoms with Crippen LogP contribution >= 0.6 is 11.6 Å². The lowest BCUT2D eigenvalue weighted by Crippen LogP contribution is -2.28. The lowest BCUT2D eigenvalue weighted by molar-refractivity contribution is 0.436. The Balaban J connectivity index is 1.70. The molecule has 0 unspecified atom stereocenters. The molecule has 0 aliphatic carbocycles. The Kier molecular flexibility index (Phi) is 3.21. The first-order chi connectivity index (χ1) is 8.33. The summed E-state index contributed by atoms with van der Waals surface area (Å²) in [7, 11) is 0. The number of anilines is 1. The Morgan fingerprint density at radius 1 is 1.24 bits per heavy atom. The van der Waals surface area contributed by atoms with Gasteiger partial charge in [-0.3, -0.25) is 0 Å². The van der Waals surface area contributed by atoms with E-state index < -0.39 is 0 Å². The zero-order valence-electron chi connectivity index (χ0n) is 9.90. The summed E-state index contributed by atoms with van der Waals surface area (Å²) in [6, 6.07) is 4.69. The molecule has 4 heteroatoms. The molecule has 2 aliphatic heterocycles. The van der Waals surface area contributed by atoms with Crippen molar-refractivity contribution >= 4 is 17.3 Å². The van der Waals surface area contributed by atoms with E-state index in [2.05, 4.69) is 21.3 Å². The molecule has 1 aromatic rings. The Morgan fingerprint density at radius 3 is 2.94 bits per heavy atom. The number of hydrogen-bond acceptors (Lipinski definition) is 3. The molecule has 1 N–H and O–H groups in total. The highest BCUT2D eigenvalue weighted by molar-refractivity contribution is 6.29. The van der Waals surface area contributed by atoms with Crippen LogP contribution in [-0.2, 0) is 0 Å². The molecule has 17 heavy (non-hydrogen) atoms. The van der Waals surface area contributed by atoms with E-state index in [-0.39, 0.29) is 0 Å². The normalized spacial score (nSPS) is 28.9. The highest BCUT2D eigenvalue weighted by atomic mass is 35.5. The SMILES string of the molecule is Clc1ccc(N2CC[C@H]3CCN[C@H]3CC2)cn1. The van der Waals surface area contributed by atoms with E-state index in [9.17, 15) is 0 Å². The largest absolute Gasteiger partial charge is 0.370 e. The second-order valence-corrected chi connectivity index (χ2v) is 5.40. The summed E-state index contributed by atoms with van der Waals surface area (Å²) in [4.78, 5) is 6.60. The number of fused-ring (bicyclic) bond motifs is 1. The highest BCUT2D eigenvalue weighted by Gasteiger charge is 2.29. The van der Waals surface area contributed by atoms with Gasteiger partial charge in [0.15, 0.2) is 0 Å². The third-order valence-electron chi connectivity index (χ3n) is 4.05. The molecule has 1 aromatic heterocycles. The van der Waals surface area contributed by atoms with E-state index in [0.29, 0.717) is 5.15 Å². The standard InChI is InChI=1S/C13H18ClN3/c14-13-2-1-11(9-16-13)17-7-4-10-3-6-15-12(10)5-8-17/h1-2,9-10,12,15H,3-8H2/t10-,12+/m1/s1. The Hall–Kier alpha value is -0.800. The van der Waals surface area contributed by atoms with Crippen molar-refractivity contribution in [2.24, 2.45) is 5.92 Å². The van der Waals surface area contributed by atoms with E-state index in [0.717, 1.165) is 25.0 Å². The van der Waals surface area contributed by atoms with Gasteiger partial charge in [0.05, 0.1) is 11.9 Å². The molecule has 0 spiro atoms. The fourth-order valence-electron chi connectivity index (χ4n) is 3.05. The maximum Gasteiger partial charge on any atom is 0.129 e. The number of rotatable bonds is 1. The van der Waals surface area contributed by atoms with Crippen LogP contribution in [0.5, 0.6) is 0 Å². The molecule has 92 valence electrons. The summed E-state index contributed by atoms with van der Waals surface area (Å²) in [6.07, 6.45) is 5.77. The maximum absolute atomic E-state index is 5.82. The summed E-state index contributed by atoms with van der Waals surface area (Å²) in [5.74, 6) is 0.875. The van der Waals surface area contributed by atoms with Crippen molar-refractivity contribution < 1.29 is 0 Å². The molecule has 3 nitrogen and oxygen atoms in total. The van der Waals surface area contributed by atoms with Gasteiger partial charge in [0.2, 0.25) is 0 Å². The third-order valence-corrected chi connectivity index (χ3v) is 4.27. The minimum atomic E-state index is 0.571. The molecular weight excluding hydrogens is 234 g/mol. The van der Waals surface area contributed by atoms with Crippen LogP contribution < -0.4 is 10.2 Å². The van der Waals surface area contributed by atoms with Crippen molar-refractivity contribution in [1.29, 1.82) is 0 Å². The fourth-order valence-corrected chi connectivity index (χ4v) is 3.16. The monoisotopic (exact) mass is 251 g/mol. The predicted molar refractivity (Wildman–Crippen MR) is 70.6 cm³/mol. The molecule has 2 atom stereocenters. The Labute approximate surface area is 107 Å². The van der Waals surface area contributed by atoms with Crippen molar-refractivity contribution in [3.8, 4) is 0 Å². The maximum atomic E-state index is 5.82. The summed E-state index contributed by atoms with van der Waals surface area (Å²) >= 11 is 5.82. The average Bonchev–Trinajstić information content (AvgIpc) is 2.70. The molecule has 0 aromatic carbocycles. The Morgan fingerprint density at radius 2 is 2.12 bits per heavy atom. The number of halogens is 1. The van der Waals surface area contributed by atoms with Crippen molar-refractivity contribution in [3.05, 3.63) is 23.5 Å². The summed E-state index contributed by atoms with van der Waals surface area (Å²) in [5, 5.41) is 4.19. The van der Waals surface area contributed by atoms with Gasteiger partial charge in [-0.15, -0.1) is 0 Å². The number of nitrogens with one attached hydrogen (secondary N) is 1. The lowest BCUT2D eigenvalue weighted by Gasteiger charge is -2.22. The number of hydrogen-bond donors (Lipinski definition) is 1. The second-order valence-electron chi connectivity index (χ2n) is 5.01.